The van der Waals surface area contributed by atoms with E-state index in [9.17, 15) is 0 Å². The Kier molecular flexibility index (Phi) is 4.30. The van der Waals surface area contributed by atoms with Crippen molar-refractivity contribution in [1.29, 1.82) is 0 Å². The lowest BCUT2D eigenvalue weighted by Crippen LogP contribution is -2.19. The summed E-state index contributed by atoms with van der Waals surface area (Å²) < 4.78 is 0. The minimum atomic E-state index is 0.992. The summed E-state index contributed by atoms with van der Waals surface area (Å²) in [6, 6.07) is 6.74. The molecule has 0 amide bonds. The van der Waals surface area contributed by atoms with Crippen molar-refractivity contribution in [1.82, 2.24) is 5.32 Å². The van der Waals surface area contributed by atoms with Gasteiger partial charge in [-0.05, 0) is 62.4 Å². The molecule has 2 rings (SSSR count). The van der Waals surface area contributed by atoms with E-state index in [4.69, 9.17) is 0 Å². The molecule has 88 valence electrons. The fourth-order valence-electron chi connectivity index (χ4n) is 1.67. The molecule has 16 heavy (non-hydrogen) atoms. The first-order valence-electron chi connectivity index (χ1n) is 6.16. The van der Waals surface area contributed by atoms with E-state index in [1.807, 2.05) is 11.8 Å². The van der Waals surface area contributed by atoms with Gasteiger partial charge in [-0.15, -0.1) is 11.8 Å². The van der Waals surface area contributed by atoms with E-state index in [-0.39, 0.29) is 0 Å². The highest BCUT2D eigenvalue weighted by Gasteiger charge is 2.19. The Morgan fingerprint density at radius 2 is 2.06 bits per heavy atom. The van der Waals surface area contributed by atoms with Crippen LogP contribution in [-0.4, -0.2) is 18.8 Å². The van der Waals surface area contributed by atoms with Crippen molar-refractivity contribution in [2.75, 3.05) is 18.8 Å². The molecule has 1 aromatic carbocycles. The van der Waals surface area contributed by atoms with Crippen LogP contribution >= 0.6 is 11.8 Å². The third kappa shape index (κ3) is 3.84. The van der Waals surface area contributed by atoms with Crippen molar-refractivity contribution in [3.05, 3.63) is 29.3 Å². The van der Waals surface area contributed by atoms with Crippen molar-refractivity contribution < 1.29 is 0 Å². The summed E-state index contributed by atoms with van der Waals surface area (Å²) in [5, 5.41) is 3.52. The summed E-state index contributed by atoms with van der Waals surface area (Å²) in [5.41, 5.74) is 2.78. The van der Waals surface area contributed by atoms with Crippen LogP contribution in [0.3, 0.4) is 0 Å². The highest BCUT2D eigenvalue weighted by atomic mass is 32.2. The minimum absolute atomic E-state index is 0.992. The third-order valence-electron chi connectivity index (χ3n) is 3.16. The van der Waals surface area contributed by atoms with Crippen molar-refractivity contribution in [3.8, 4) is 0 Å². The van der Waals surface area contributed by atoms with Crippen LogP contribution in [0.1, 0.15) is 24.0 Å². The molecule has 0 radical (unpaired) electrons. The Bertz CT molecular complexity index is 345. The number of thioether (sulfide) groups is 1. The molecule has 0 aromatic heterocycles. The zero-order chi connectivity index (χ0) is 11.4. The highest BCUT2D eigenvalue weighted by molar-refractivity contribution is 7.99. The summed E-state index contributed by atoms with van der Waals surface area (Å²) in [5.74, 6) is 2.17. The fourth-order valence-corrected chi connectivity index (χ4v) is 2.58. The van der Waals surface area contributed by atoms with Crippen LogP contribution < -0.4 is 5.32 Å². The third-order valence-corrected chi connectivity index (χ3v) is 4.15. The van der Waals surface area contributed by atoms with E-state index >= 15 is 0 Å². The van der Waals surface area contributed by atoms with Crippen molar-refractivity contribution in [2.45, 2.75) is 31.6 Å². The Hall–Kier alpha value is -0.470. The zero-order valence-electron chi connectivity index (χ0n) is 10.3. The lowest BCUT2D eigenvalue weighted by atomic mass is 10.1. The molecule has 0 heterocycles. The maximum atomic E-state index is 3.52. The van der Waals surface area contributed by atoms with Gasteiger partial charge in [0.05, 0.1) is 0 Å². The van der Waals surface area contributed by atoms with Crippen LogP contribution in [0.2, 0.25) is 0 Å². The molecular weight excluding hydrogens is 214 g/mol. The smallest absolute Gasteiger partial charge is 0.0106 e. The summed E-state index contributed by atoms with van der Waals surface area (Å²) >= 11 is 1.95. The van der Waals surface area contributed by atoms with Gasteiger partial charge in [0, 0.05) is 17.2 Å². The van der Waals surface area contributed by atoms with E-state index in [2.05, 4.69) is 37.4 Å². The largest absolute Gasteiger partial charge is 0.316 e. The van der Waals surface area contributed by atoms with E-state index in [0.717, 1.165) is 12.5 Å². The van der Waals surface area contributed by atoms with E-state index in [1.165, 1.54) is 41.2 Å². The van der Waals surface area contributed by atoms with Crippen molar-refractivity contribution >= 4 is 11.8 Å². The summed E-state index contributed by atoms with van der Waals surface area (Å²) in [6.45, 7) is 6.72. The van der Waals surface area contributed by atoms with Gasteiger partial charge in [0.15, 0.2) is 0 Å². The quantitative estimate of drug-likeness (QED) is 0.599. The van der Waals surface area contributed by atoms with E-state index < -0.39 is 0 Å². The second-order valence-corrected chi connectivity index (χ2v) is 5.91. The number of benzene rings is 1. The molecule has 0 saturated heterocycles. The Labute approximate surface area is 103 Å². The zero-order valence-corrected chi connectivity index (χ0v) is 11.1. The van der Waals surface area contributed by atoms with E-state index in [1.54, 1.807) is 0 Å². The van der Waals surface area contributed by atoms with Crippen LogP contribution in [0.25, 0.3) is 0 Å². The molecule has 0 bridgehead atoms. The average Bonchev–Trinajstić information content (AvgIpc) is 3.07. The van der Waals surface area contributed by atoms with Gasteiger partial charge in [0.25, 0.3) is 0 Å². The van der Waals surface area contributed by atoms with E-state index in [0.29, 0.717) is 0 Å². The van der Waals surface area contributed by atoms with Gasteiger partial charge >= 0.3 is 0 Å². The molecule has 1 fully saturated rings. The van der Waals surface area contributed by atoms with Crippen molar-refractivity contribution in [2.24, 2.45) is 5.92 Å². The molecule has 1 aliphatic carbocycles. The molecule has 0 spiro atoms. The fraction of sp³-hybridized carbons (Fsp3) is 0.571. The Morgan fingerprint density at radius 3 is 2.75 bits per heavy atom. The average molecular weight is 235 g/mol. The molecule has 1 nitrogen and oxygen atoms in total. The molecule has 2 heteroatoms. The second kappa shape index (κ2) is 5.74. The lowest BCUT2D eigenvalue weighted by molar-refractivity contribution is 0.666. The lowest BCUT2D eigenvalue weighted by Gasteiger charge is -2.06. The van der Waals surface area contributed by atoms with Crippen LogP contribution in [-0.2, 0) is 0 Å². The van der Waals surface area contributed by atoms with Gasteiger partial charge in [0.1, 0.15) is 0 Å². The van der Waals surface area contributed by atoms with Crippen LogP contribution in [0.15, 0.2) is 23.1 Å². The molecular formula is C14H21NS. The predicted molar refractivity (Wildman–Crippen MR) is 72.2 cm³/mol. The van der Waals surface area contributed by atoms with Crippen molar-refractivity contribution in [3.63, 3.8) is 0 Å². The minimum Gasteiger partial charge on any atom is -0.316 e. The maximum absolute atomic E-state index is 3.52. The van der Waals surface area contributed by atoms with Gasteiger partial charge in [-0.1, -0.05) is 6.07 Å². The summed E-state index contributed by atoms with van der Waals surface area (Å²) in [7, 11) is 0. The van der Waals surface area contributed by atoms with Gasteiger partial charge < -0.3 is 5.32 Å². The molecule has 1 N–H and O–H groups in total. The Morgan fingerprint density at radius 1 is 1.25 bits per heavy atom. The molecule has 1 aliphatic rings. The predicted octanol–water partition coefficient (Wildman–Crippen LogP) is 3.40. The van der Waals surface area contributed by atoms with Gasteiger partial charge in [-0.3, -0.25) is 0 Å². The first-order chi connectivity index (χ1) is 7.75. The Balaban J connectivity index is 1.65. The molecule has 0 aliphatic heterocycles. The number of nitrogens with one attached hydrogen (secondary N) is 1. The van der Waals surface area contributed by atoms with Gasteiger partial charge in [-0.25, -0.2) is 0 Å². The normalized spacial score (nSPS) is 15.4. The second-order valence-electron chi connectivity index (χ2n) is 4.74. The van der Waals surface area contributed by atoms with Crippen LogP contribution in [0, 0.1) is 19.8 Å². The topological polar surface area (TPSA) is 12.0 Å². The van der Waals surface area contributed by atoms with Crippen LogP contribution in [0.4, 0.5) is 0 Å². The van der Waals surface area contributed by atoms with Crippen LogP contribution in [0.5, 0.6) is 0 Å². The maximum Gasteiger partial charge on any atom is 0.0106 e. The highest BCUT2D eigenvalue weighted by Crippen LogP contribution is 2.27. The summed E-state index contributed by atoms with van der Waals surface area (Å²) in [6.07, 6.45) is 2.88. The van der Waals surface area contributed by atoms with Gasteiger partial charge in [-0.2, -0.15) is 0 Å². The number of rotatable bonds is 6. The number of hydrogen-bond donors (Lipinski definition) is 1. The first kappa shape index (κ1) is 12.0. The monoisotopic (exact) mass is 235 g/mol. The molecule has 0 unspecified atom stereocenters. The molecule has 1 aromatic rings. The number of aryl methyl sites for hydroxylation is 2. The SMILES string of the molecule is Cc1ccc(SCCNCC2CC2)cc1C. The summed E-state index contributed by atoms with van der Waals surface area (Å²) in [4.78, 5) is 1.40. The van der Waals surface area contributed by atoms with Gasteiger partial charge in [0.2, 0.25) is 0 Å². The number of hydrogen-bond acceptors (Lipinski definition) is 2. The first-order valence-corrected chi connectivity index (χ1v) is 7.15. The standard InChI is InChI=1S/C14H21NS/c1-11-3-6-14(9-12(11)2)16-8-7-15-10-13-4-5-13/h3,6,9,13,15H,4-5,7-8,10H2,1-2H3. The molecule has 1 saturated carbocycles. The molecule has 0 atom stereocenters.